The monoisotopic (exact) mass is 156 g/mol. The van der Waals surface area contributed by atoms with Crippen LogP contribution in [-0.2, 0) is 0 Å². The number of halogens is 1. The SMILES string of the molecule is C/C=C/C1(F)CCC(C)CC1. The van der Waals surface area contributed by atoms with Crippen LogP contribution in [0.4, 0.5) is 4.39 Å². The number of rotatable bonds is 1. The van der Waals surface area contributed by atoms with E-state index in [2.05, 4.69) is 6.92 Å². The summed E-state index contributed by atoms with van der Waals surface area (Å²) in [5, 5.41) is 0. The molecule has 0 bridgehead atoms. The first-order chi connectivity index (χ1) is 5.16. The van der Waals surface area contributed by atoms with Crippen molar-refractivity contribution >= 4 is 0 Å². The highest BCUT2D eigenvalue weighted by atomic mass is 19.1. The van der Waals surface area contributed by atoms with E-state index in [1.165, 1.54) is 0 Å². The summed E-state index contributed by atoms with van der Waals surface area (Å²) < 4.78 is 13.7. The van der Waals surface area contributed by atoms with Gasteiger partial charge in [0.15, 0.2) is 0 Å². The maximum absolute atomic E-state index is 13.7. The van der Waals surface area contributed by atoms with Crippen molar-refractivity contribution in [2.45, 2.75) is 45.2 Å². The molecule has 11 heavy (non-hydrogen) atoms. The minimum Gasteiger partial charge on any atom is -0.239 e. The average molecular weight is 156 g/mol. The molecular weight excluding hydrogens is 139 g/mol. The van der Waals surface area contributed by atoms with Gasteiger partial charge in [0.2, 0.25) is 0 Å². The maximum atomic E-state index is 13.7. The first kappa shape index (κ1) is 8.76. The largest absolute Gasteiger partial charge is 0.239 e. The van der Waals surface area contributed by atoms with E-state index >= 15 is 0 Å². The van der Waals surface area contributed by atoms with Crippen molar-refractivity contribution in [2.75, 3.05) is 0 Å². The predicted octanol–water partition coefficient (Wildman–Crippen LogP) is 3.48. The van der Waals surface area contributed by atoms with E-state index in [0.717, 1.165) is 31.6 Å². The van der Waals surface area contributed by atoms with Crippen LogP contribution in [0.3, 0.4) is 0 Å². The lowest BCUT2D eigenvalue weighted by Crippen LogP contribution is -2.26. The van der Waals surface area contributed by atoms with E-state index in [0.29, 0.717) is 0 Å². The lowest BCUT2D eigenvalue weighted by Gasteiger charge is -2.29. The van der Waals surface area contributed by atoms with Crippen molar-refractivity contribution in [2.24, 2.45) is 5.92 Å². The predicted molar refractivity (Wildman–Crippen MR) is 46.3 cm³/mol. The van der Waals surface area contributed by atoms with Crippen molar-refractivity contribution in [1.29, 1.82) is 0 Å². The summed E-state index contributed by atoms with van der Waals surface area (Å²) in [5.41, 5.74) is -0.971. The lowest BCUT2D eigenvalue weighted by molar-refractivity contribution is 0.138. The molecule has 0 aromatic carbocycles. The summed E-state index contributed by atoms with van der Waals surface area (Å²) in [5.74, 6) is 0.726. The summed E-state index contributed by atoms with van der Waals surface area (Å²) in [4.78, 5) is 0. The summed E-state index contributed by atoms with van der Waals surface area (Å²) in [6.45, 7) is 4.09. The summed E-state index contributed by atoms with van der Waals surface area (Å²) >= 11 is 0. The lowest BCUT2D eigenvalue weighted by atomic mass is 9.81. The van der Waals surface area contributed by atoms with Gasteiger partial charge in [-0.1, -0.05) is 19.1 Å². The summed E-state index contributed by atoms with van der Waals surface area (Å²) in [7, 11) is 0. The highest BCUT2D eigenvalue weighted by Gasteiger charge is 2.30. The first-order valence-electron chi connectivity index (χ1n) is 4.49. The van der Waals surface area contributed by atoms with E-state index in [4.69, 9.17) is 0 Å². The molecule has 0 atom stereocenters. The Morgan fingerprint density at radius 2 is 1.91 bits per heavy atom. The van der Waals surface area contributed by atoms with Gasteiger partial charge in [0.05, 0.1) is 0 Å². The van der Waals surface area contributed by atoms with Crippen molar-refractivity contribution in [3.8, 4) is 0 Å². The molecule has 1 aliphatic rings. The van der Waals surface area contributed by atoms with E-state index < -0.39 is 5.67 Å². The molecule has 64 valence electrons. The van der Waals surface area contributed by atoms with Crippen LogP contribution < -0.4 is 0 Å². The van der Waals surface area contributed by atoms with Crippen molar-refractivity contribution in [3.05, 3.63) is 12.2 Å². The van der Waals surface area contributed by atoms with Gasteiger partial charge in [-0.25, -0.2) is 4.39 Å². The second kappa shape index (κ2) is 3.38. The molecule has 1 aliphatic carbocycles. The zero-order valence-corrected chi connectivity index (χ0v) is 7.44. The van der Waals surface area contributed by atoms with E-state index in [9.17, 15) is 4.39 Å². The highest BCUT2D eigenvalue weighted by Crippen LogP contribution is 2.35. The third kappa shape index (κ3) is 2.32. The van der Waals surface area contributed by atoms with Crippen molar-refractivity contribution in [3.63, 3.8) is 0 Å². The topological polar surface area (TPSA) is 0 Å². The van der Waals surface area contributed by atoms with Gasteiger partial charge in [-0.3, -0.25) is 0 Å². The van der Waals surface area contributed by atoms with Gasteiger partial charge in [-0.2, -0.15) is 0 Å². The van der Waals surface area contributed by atoms with Gasteiger partial charge < -0.3 is 0 Å². The quantitative estimate of drug-likeness (QED) is 0.510. The first-order valence-corrected chi connectivity index (χ1v) is 4.49. The Labute approximate surface area is 68.5 Å². The molecule has 0 amide bonds. The smallest absolute Gasteiger partial charge is 0.129 e. The molecule has 0 radical (unpaired) electrons. The average Bonchev–Trinajstić information content (AvgIpc) is 1.97. The fourth-order valence-electron chi connectivity index (χ4n) is 1.71. The Morgan fingerprint density at radius 3 is 2.36 bits per heavy atom. The van der Waals surface area contributed by atoms with Gasteiger partial charge in [0, 0.05) is 0 Å². The Bertz CT molecular complexity index is 141. The van der Waals surface area contributed by atoms with E-state index in [-0.39, 0.29) is 0 Å². The Kier molecular flexibility index (Phi) is 2.69. The molecule has 1 saturated carbocycles. The molecule has 1 fully saturated rings. The van der Waals surface area contributed by atoms with Gasteiger partial charge in [-0.15, -0.1) is 0 Å². The third-order valence-electron chi connectivity index (χ3n) is 2.57. The third-order valence-corrected chi connectivity index (χ3v) is 2.57. The molecule has 0 nitrogen and oxygen atoms in total. The minimum absolute atomic E-state index is 0.721. The molecule has 0 N–H and O–H groups in total. The fraction of sp³-hybridized carbons (Fsp3) is 0.800. The standard InChI is InChI=1S/C10H17F/c1-3-6-10(11)7-4-9(2)5-8-10/h3,6,9H,4-5,7-8H2,1-2H3/b6-3+. The summed E-state index contributed by atoms with van der Waals surface area (Å²) in [6.07, 6.45) is 7.08. The van der Waals surface area contributed by atoms with E-state index in [1.807, 2.05) is 13.0 Å². The fourth-order valence-corrected chi connectivity index (χ4v) is 1.71. The molecule has 0 unspecified atom stereocenters. The zero-order valence-electron chi connectivity index (χ0n) is 7.44. The van der Waals surface area contributed by atoms with Gasteiger partial charge in [0.1, 0.15) is 5.67 Å². The van der Waals surface area contributed by atoms with Crippen LogP contribution in [0.1, 0.15) is 39.5 Å². The van der Waals surface area contributed by atoms with Crippen LogP contribution >= 0.6 is 0 Å². The molecule has 0 spiro atoms. The Morgan fingerprint density at radius 1 is 1.36 bits per heavy atom. The van der Waals surface area contributed by atoms with Crippen molar-refractivity contribution in [1.82, 2.24) is 0 Å². The van der Waals surface area contributed by atoms with Gasteiger partial charge in [0.25, 0.3) is 0 Å². The van der Waals surface area contributed by atoms with Crippen LogP contribution in [0.25, 0.3) is 0 Å². The van der Waals surface area contributed by atoms with Crippen LogP contribution in [0.2, 0.25) is 0 Å². The van der Waals surface area contributed by atoms with Crippen LogP contribution in [0, 0.1) is 5.92 Å². The molecule has 0 aromatic heterocycles. The minimum atomic E-state index is -0.971. The summed E-state index contributed by atoms with van der Waals surface area (Å²) in [6, 6.07) is 0. The highest BCUT2D eigenvalue weighted by molar-refractivity contribution is 5.02. The van der Waals surface area contributed by atoms with Crippen LogP contribution in [0.15, 0.2) is 12.2 Å². The molecule has 0 heterocycles. The molecule has 0 aliphatic heterocycles. The van der Waals surface area contributed by atoms with Crippen LogP contribution in [-0.4, -0.2) is 5.67 Å². The number of alkyl halides is 1. The molecule has 1 heteroatoms. The number of hydrogen-bond acceptors (Lipinski definition) is 0. The molecule has 0 aromatic rings. The van der Waals surface area contributed by atoms with Crippen molar-refractivity contribution < 1.29 is 4.39 Å². The second-order valence-electron chi connectivity index (χ2n) is 3.72. The second-order valence-corrected chi connectivity index (χ2v) is 3.72. The molecule has 0 saturated heterocycles. The van der Waals surface area contributed by atoms with E-state index in [1.54, 1.807) is 6.08 Å². The number of allylic oxidation sites excluding steroid dienone is 2. The van der Waals surface area contributed by atoms with Gasteiger partial charge >= 0.3 is 0 Å². The maximum Gasteiger partial charge on any atom is 0.129 e. The Balaban J connectivity index is 2.48. The zero-order chi connectivity index (χ0) is 8.32. The van der Waals surface area contributed by atoms with Gasteiger partial charge in [-0.05, 0) is 38.5 Å². The molecule has 1 rings (SSSR count). The normalized spacial score (nSPS) is 39.7. The van der Waals surface area contributed by atoms with Crippen LogP contribution in [0.5, 0.6) is 0 Å². The molecular formula is C10H17F. The number of hydrogen-bond donors (Lipinski definition) is 0. The Hall–Kier alpha value is -0.330.